The van der Waals surface area contributed by atoms with E-state index in [1.807, 2.05) is 32.2 Å². The van der Waals surface area contributed by atoms with Gasteiger partial charge in [0.25, 0.3) is 0 Å². The van der Waals surface area contributed by atoms with Gasteiger partial charge in [-0.2, -0.15) is 0 Å². The van der Waals surface area contributed by atoms with Gasteiger partial charge in [-0.15, -0.1) is 0 Å². The molecule has 4 nitrogen and oxygen atoms in total. The third kappa shape index (κ3) is 4.85. The molecule has 0 aliphatic heterocycles. The number of methoxy groups -OCH3 is 1. The fourth-order valence-electron chi connectivity index (χ4n) is 2.13. The molecule has 0 saturated carbocycles. The molecule has 112 valence electrons. The highest BCUT2D eigenvalue weighted by Crippen LogP contribution is 2.21. The predicted octanol–water partition coefficient (Wildman–Crippen LogP) is 3.09. The summed E-state index contributed by atoms with van der Waals surface area (Å²) in [5, 5.41) is 3.13. The van der Waals surface area contributed by atoms with Gasteiger partial charge >= 0.3 is 0 Å². The zero-order valence-electron chi connectivity index (χ0n) is 12.8. The van der Waals surface area contributed by atoms with Crippen LogP contribution in [-0.4, -0.2) is 25.7 Å². The van der Waals surface area contributed by atoms with Gasteiger partial charge in [-0.25, -0.2) is 4.98 Å². The number of hydrogen-bond acceptors (Lipinski definition) is 4. The van der Waals surface area contributed by atoms with E-state index in [2.05, 4.69) is 28.5 Å². The minimum atomic E-state index is 0.630. The maximum Gasteiger partial charge on any atom is 0.219 e. The summed E-state index contributed by atoms with van der Waals surface area (Å²) in [6.45, 7) is 3.50. The molecular formula is C17H22N2O2. The Morgan fingerprint density at radius 1 is 1.10 bits per heavy atom. The molecule has 1 N–H and O–H groups in total. The van der Waals surface area contributed by atoms with Crippen LogP contribution in [0.1, 0.15) is 16.8 Å². The van der Waals surface area contributed by atoms with Gasteiger partial charge in [-0.05, 0) is 49.7 Å². The van der Waals surface area contributed by atoms with Gasteiger partial charge in [-0.1, -0.05) is 12.1 Å². The first-order chi connectivity index (χ1) is 10.2. The molecule has 0 bridgehead atoms. The molecule has 0 spiro atoms. The van der Waals surface area contributed by atoms with E-state index in [-0.39, 0.29) is 0 Å². The quantitative estimate of drug-likeness (QED) is 0.849. The van der Waals surface area contributed by atoms with Gasteiger partial charge in [0, 0.05) is 25.4 Å². The average Bonchev–Trinajstić information content (AvgIpc) is 2.46. The van der Waals surface area contributed by atoms with Crippen LogP contribution in [0.2, 0.25) is 0 Å². The SMILES string of the molecule is CNCc1cc(C)nc(Oc2ccc(CCOC)cc2)c1. The highest BCUT2D eigenvalue weighted by Gasteiger charge is 2.03. The number of benzene rings is 1. The zero-order chi connectivity index (χ0) is 15.1. The lowest BCUT2D eigenvalue weighted by Gasteiger charge is -2.09. The molecular weight excluding hydrogens is 264 g/mol. The van der Waals surface area contributed by atoms with Crippen LogP contribution in [0.3, 0.4) is 0 Å². The molecule has 0 radical (unpaired) electrons. The Morgan fingerprint density at radius 2 is 1.86 bits per heavy atom. The number of hydrogen-bond donors (Lipinski definition) is 1. The van der Waals surface area contributed by atoms with Crippen LogP contribution in [0.4, 0.5) is 0 Å². The van der Waals surface area contributed by atoms with Crippen molar-refractivity contribution in [3.63, 3.8) is 0 Å². The fourth-order valence-corrected chi connectivity index (χ4v) is 2.13. The van der Waals surface area contributed by atoms with Crippen LogP contribution in [0, 0.1) is 6.92 Å². The van der Waals surface area contributed by atoms with E-state index >= 15 is 0 Å². The molecule has 21 heavy (non-hydrogen) atoms. The number of aryl methyl sites for hydroxylation is 1. The van der Waals surface area contributed by atoms with Gasteiger partial charge in [-0.3, -0.25) is 0 Å². The molecule has 0 aliphatic carbocycles. The Hall–Kier alpha value is -1.91. The smallest absolute Gasteiger partial charge is 0.219 e. The van der Waals surface area contributed by atoms with Gasteiger partial charge in [0.05, 0.1) is 6.61 Å². The van der Waals surface area contributed by atoms with Gasteiger partial charge in [0.15, 0.2) is 0 Å². The maximum atomic E-state index is 5.84. The summed E-state index contributed by atoms with van der Waals surface area (Å²) in [6.07, 6.45) is 0.909. The summed E-state index contributed by atoms with van der Waals surface area (Å²) < 4.78 is 10.9. The molecule has 0 unspecified atom stereocenters. The normalized spacial score (nSPS) is 10.6. The standard InChI is InChI=1S/C17H22N2O2/c1-13-10-15(12-18-2)11-17(19-13)21-16-6-4-14(5-7-16)8-9-20-3/h4-7,10-11,18H,8-9,12H2,1-3H3. The summed E-state index contributed by atoms with van der Waals surface area (Å²) >= 11 is 0. The van der Waals surface area contributed by atoms with Crippen molar-refractivity contribution in [1.82, 2.24) is 10.3 Å². The number of nitrogens with zero attached hydrogens (tertiary/aromatic N) is 1. The fraction of sp³-hybridized carbons (Fsp3) is 0.353. The van der Waals surface area contributed by atoms with Crippen LogP contribution in [0.15, 0.2) is 36.4 Å². The van der Waals surface area contributed by atoms with E-state index in [0.29, 0.717) is 5.88 Å². The maximum absolute atomic E-state index is 5.84. The molecule has 2 rings (SSSR count). The summed E-state index contributed by atoms with van der Waals surface area (Å²) in [5.41, 5.74) is 3.35. The average molecular weight is 286 g/mol. The van der Waals surface area contributed by atoms with E-state index in [4.69, 9.17) is 9.47 Å². The van der Waals surface area contributed by atoms with Crippen molar-refractivity contribution >= 4 is 0 Å². The minimum Gasteiger partial charge on any atom is -0.439 e. The summed E-state index contributed by atoms with van der Waals surface area (Å²) in [6, 6.07) is 12.1. The second-order valence-electron chi connectivity index (χ2n) is 4.97. The van der Waals surface area contributed by atoms with Crippen LogP contribution >= 0.6 is 0 Å². The van der Waals surface area contributed by atoms with Crippen LogP contribution in [0.5, 0.6) is 11.6 Å². The Morgan fingerprint density at radius 3 is 2.52 bits per heavy atom. The molecule has 1 heterocycles. The Bertz CT molecular complexity index is 568. The number of nitrogens with one attached hydrogen (secondary N) is 1. The first kappa shape index (κ1) is 15.5. The zero-order valence-corrected chi connectivity index (χ0v) is 12.8. The van der Waals surface area contributed by atoms with Crippen molar-refractivity contribution in [2.45, 2.75) is 19.9 Å². The molecule has 0 amide bonds. The lowest BCUT2D eigenvalue weighted by molar-refractivity contribution is 0.202. The number of rotatable bonds is 7. The first-order valence-corrected chi connectivity index (χ1v) is 7.09. The monoisotopic (exact) mass is 286 g/mol. The van der Waals surface area contributed by atoms with Crippen LogP contribution in [-0.2, 0) is 17.7 Å². The highest BCUT2D eigenvalue weighted by molar-refractivity contribution is 5.32. The molecule has 0 saturated heterocycles. The summed E-state index contributed by atoms with van der Waals surface area (Å²) in [4.78, 5) is 4.41. The Kier molecular flexibility index (Phi) is 5.72. The number of aromatic nitrogens is 1. The van der Waals surface area contributed by atoms with E-state index in [0.717, 1.165) is 36.6 Å². The second kappa shape index (κ2) is 7.76. The van der Waals surface area contributed by atoms with E-state index in [1.165, 1.54) is 5.56 Å². The summed E-state index contributed by atoms with van der Waals surface area (Å²) in [5.74, 6) is 1.43. The van der Waals surface area contributed by atoms with E-state index in [1.54, 1.807) is 7.11 Å². The molecule has 1 aromatic carbocycles. The lowest BCUT2D eigenvalue weighted by atomic mass is 10.1. The van der Waals surface area contributed by atoms with Gasteiger partial charge < -0.3 is 14.8 Å². The van der Waals surface area contributed by atoms with Crippen LogP contribution < -0.4 is 10.1 Å². The van der Waals surface area contributed by atoms with Crippen molar-refractivity contribution in [2.75, 3.05) is 20.8 Å². The second-order valence-corrected chi connectivity index (χ2v) is 4.97. The van der Waals surface area contributed by atoms with Crippen molar-refractivity contribution < 1.29 is 9.47 Å². The lowest BCUT2D eigenvalue weighted by Crippen LogP contribution is -2.06. The molecule has 1 aromatic heterocycles. The van der Waals surface area contributed by atoms with Gasteiger partial charge in [0.1, 0.15) is 5.75 Å². The molecule has 2 aromatic rings. The largest absolute Gasteiger partial charge is 0.439 e. The van der Waals surface area contributed by atoms with Crippen molar-refractivity contribution in [1.29, 1.82) is 0 Å². The van der Waals surface area contributed by atoms with Crippen molar-refractivity contribution in [2.24, 2.45) is 0 Å². The predicted molar refractivity (Wildman–Crippen MR) is 83.8 cm³/mol. The Balaban J connectivity index is 2.07. The van der Waals surface area contributed by atoms with Crippen LogP contribution in [0.25, 0.3) is 0 Å². The highest BCUT2D eigenvalue weighted by atomic mass is 16.5. The molecule has 0 aliphatic rings. The Labute approximate surface area is 126 Å². The van der Waals surface area contributed by atoms with Crippen molar-refractivity contribution in [3.05, 3.63) is 53.2 Å². The molecule has 0 fully saturated rings. The third-order valence-corrected chi connectivity index (χ3v) is 3.11. The van der Waals surface area contributed by atoms with Gasteiger partial charge in [0.2, 0.25) is 5.88 Å². The number of pyridine rings is 1. The summed E-state index contributed by atoms with van der Waals surface area (Å²) in [7, 11) is 3.64. The number of ether oxygens (including phenoxy) is 2. The minimum absolute atomic E-state index is 0.630. The first-order valence-electron chi connectivity index (χ1n) is 7.09. The molecule has 0 atom stereocenters. The van der Waals surface area contributed by atoms with E-state index < -0.39 is 0 Å². The van der Waals surface area contributed by atoms with E-state index in [9.17, 15) is 0 Å². The topological polar surface area (TPSA) is 43.4 Å². The van der Waals surface area contributed by atoms with Crippen molar-refractivity contribution in [3.8, 4) is 11.6 Å². The molecule has 4 heteroatoms. The third-order valence-electron chi connectivity index (χ3n) is 3.11.